The Hall–Kier alpha value is -1.98. The summed E-state index contributed by atoms with van der Waals surface area (Å²) >= 11 is 0. The van der Waals surface area contributed by atoms with Crippen LogP contribution >= 0.6 is 0 Å². The summed E-state index contributed by atoms with van der Waals surface area (Å²) in [5.74, 6) is 0.793. The number of alkyl halides is 1. The van der Waals surface area contributed by atoms with Gasteiger partial charge in [-0.1, -0.05) is 18.2 Å². The SMILES string of the molecule is OC[C@@H]1C[C@H](F)CN1Cc1ccc(OCc2cccnc2)cc1. The second kappa shape index (κ2) is 7.53. The largest absolute Gasteiger partial charge is 0.489 e. The summed E-state index contributed by atoms with van der Waals surface area (Å²) in [6.07, 6.45) is 3.10. The van der Waals surface area contributed by atoms with Gasteiger partial charge in [-0.3, -0.25) is 9.88 Å². The average molecular weight is 316 g/mol. The molecule has 1 N–H and O–H groups in total. The van der Waals surface area contributed by atoms with Gasteiger partial charge in [0.25, 0.3) is 0 Å². The van der Waals surface area contributed by atoms with Gasteiger partial charge >= 0.3 is 0 Å². The third-order valence-corrected chi connectivity index (χ3v) is 4.12. The van der Waals surface area contributed by atoms with Gasteiger partial charge in [-0.25, -0.2) is 4.39 Å². The van der Waals surface area contributed by atoms with Crippen LogP contribution in [0.5, 0.6) is 5.75 Å². The molecule has 1 aliphatic heterocycles. The number of aliphatic hydroxyl groups is 1. The smallest absolute Gasteiger partial charge is 0.119 e. The van der Waals surface area contributed by atoms with E-state index in [1.54, 1.807) is 12.4 Å². The number of halogens is 1. The molecule has 2 heterocycles. The topological polar surface area (TPSA) is 45.6 Å². The lowest BCUT2D eigenvalue weighted by Crippen LogP contribution is -2.31. The minimum Gasteiger partial charge on any atom is -0.489 e. The maximum absolute atomic E-state index is 13.5. The number of aromatic nitrogens is 1. The van der Waals surface area contributed by atoms with Crippen molar-refractivity contribution in [1.29, 1.82) is 0 Å². The fourth-order valence-electron chi connectivity index (χ4n) is 2.88. The van der Waals surface area contributed by atoms with Crippen LogP contribution in [0, 0.1) is 0 Å². The van der Waals surface area contributed by atoms with Crippen molar-refractivity contribution >= 4 is 0 Å². The second-order valence-corrected chi connectivity index (χ2v) is 5.89. The molecule has 1 aromatic carbocycles. The van der Waals surface area contributed by atoms with Crippen LogP contribution in [0.15, 0.2) is 48.8 Å². The molecule has 0 unspecified atom stereocenters. The molecule has 1 aromatic heterocycles. The number of hydrogen-bond acceptors (Lipinski definition) is 4. The van der Waals surface area contributed by atoms with Crippen molar-refractivity contribution in [3.63, 3.8) is 0 Å². The van der Waals surface area contributed by atoms with Crippen molar-refractivity contribution in [2.75, 3.05) is 13.2 Å². The number of nitrogens with zero attached hydrogens (tertiary/aromatic N) is 2. The highest BCUT2D eigenvalue weighted by Gasteiger charge is 2.31. The molecule has 5 heteroatoms. The van der Waals surface area contributed by atoms with Crippen LogP contribution in [0.2, 0.25) is 0 Å². The third-order valence-electron chi connectivity index (χ3n) is 4.12. The molecule has 0 saturated carbocycles. The quantitative estimate of drug-likeness (QED) is 0.890. The molecule has 1 saturated heterocycles. The molecule has 2 atom stereocenters. The number of aliphatic hydroxyl groups excluding tert-OH is 1. The van der Waals surface area contributed by atoms with Gasteiger partial charge in [-0.2, -0.15) is 0 Å². The van der Waals surface area contributed by atoms with Crippen molar-refractivity contribution in [2.24, 2.45) is 0 Å². The van der Waals surface area contributed by atoms with Crippen molar-refractivity contribution in [3.8, 4) is 5.75 Å². The number of ether oxygens (including phenoxy) is 1. The van der Waals surface area contributed by atoms with Crippen molar-refractivity contribution in [3.05, 3.63) is 59.9 Å². The maximum Gasteiger partial charge on any atom is 0.119 e. The normalized spacial score (nSPS) is 21.5. The molecule has 0 amide bonds. The van der Waals surface area contributed by atoms with Gasteiger partial charge in [0, 0.05) is 37.1 Å². The maximum atomic E-state index is 13.5. The van der Waals surface area contributed by atoms with E-state index in [1.807, 2.05) is 41.3 Å². The summed E-state index contributed by atoms with van der Waals surface area (Å²) in [5, 5.41) is 9.32. The molecule has 1 fully saturated rings. The van der Waals surface area contributed by atoms with E-state index < -0.39 is 6.17 Å². The Labute approximate surface area is 135 Å². The first kappa shape index (κ1) is 15.9. The molecule has 122 valence electrons. The Morgan fingerprint density at radius 2 is 2.04 bits per heavy atom. The molecule has 0 aliphatic carbocycles. The van der Waals surface area contributed by atoms with E-state index in [0.717, 1.165) is 16.9 Å². The number of benzene rings is 1. The molecule has 0 spiro atoms. The highest BCUT2D eigenvalue weighted by Crippen LogP contribution is 2.23. The van der Waals surface area contributed by atoms with Gasteiger partial charge in [0.15, 0.2) is 0 Å². The first-order valence-electron chi connectivity index (χ1n) is 7.84. The predicted octanol–water partition coefficient (Wildman–Crippen LogP) is 2.57. The van der Waals surface area contributed by atoms with Crippen LogP contribution in [0.4, 0.5) is 4.39 Å². The fraction of sp³-hybridized carbons (Fsp3) is 0.389. The van der Waals surface area contributed by atoms with Gasteiger partial charge in [-0.15, -0.1) is 0 Å². The van der Waals surface area contributed by atoms with Crippen molar-refractivity contribution < 1.29 is 14.2 Å². The van der Waals surface area contributed by atoms with Crippen molar-refractivity contribution in [2.45, 2.75) is 31.8 Å². The van der Waals surface area contributed by atoms with Gasteiger partial charge in [0.05, 0.1) is 6.61 Å². The Balaban J connectivity index is 1.55. The number of likely N-dealkylation sites (tertiary alicyclic amines) is 1. The van der Waals surface area contributed by atoms with Gasteiger partial charge < -0.3 is 9.84 Å². The zero-order chi connectivity index (χ0) is 16.1. The summed E-state index contributed by atoms with van der Waals surface area (Å²) in [4.78, 5) is 6.05. The second-order valence-electron chi connectivity index (χ2n) is 5.89. The summed E-state index contributed by atoms with van der Waals surface area (Å²) in [6, 6.07) is 11.6. The van der Waals surface area contributed by atoms with E-state index in [2.05, 4.69) is 4.98 Å². The van der Waals surface area contributed by atoms with Crippen LogP contribution in [0.25, 0.3) is 0 Å². The van der Waals surface area contributed by atoms with Crippen LogP contribution < -0.4 is 4.74 Å². The Kier molecular flexibility index (Phi) is 5.20. The predicted molar refractivity (Wildman–Crippen MR) is 85.8 cm³/mol. The lowest BCUT2D eigenvalue weighted by molar-refractivity contribution is 0.153. The van der Waals surface area contributed by atoms with E-state index >= 15 is 0 Å². The highest BCUT2D eigenvalue weighted by atomic mass is 19.1. The Morgan fingerprint density at radius 1 is 1.22 bits per heavy atom. The van der Waals surface area contributed by atoms with Crippen LogP contribution in [0.3, 0.4) is 0 Å². The lowest BCUT2D eigenvalue weighted by Gasteiger charge is -2.22. The minimum atomic E-state index is -0.839. The van der Waals surface area contributed by atoms with Gasteiger partial charge in [0.1, 0.15) is 18.5 Å². The first-order chi connectivity index (χ1) is 11.2. The molecule has 23 heavy (non-hydrogen) atoms. The van der Waals surface area contributed by atoms with Crippen LogP contribution in [0.1, 0.15) is 17.5 Å². The summed E-state index contributed by atoms with van der Waals surface area (Å²) < 4.78 is 19.2. The fourth-order valence-corrected chi connectivity index (χ4v) is 2.88. The van der Waals surface area contributed by atoms with E-state index in [0.29, 0.717) is 26.1 Å². The number of rotatable bonds is 6. The zero-order valence-corrected chi connectivity index (χ0v) is 12.9. The minimum absolute atomic E-state index is 0.00667. The van der Waals surface area contributed by atoms with E-state index in [4.69, 9.17) is 4.74 Å². The monoisotopic (exact) mass is 316 g/mol. The summed E-state index contributed by atoms with van der Waals surface area (Å²) in [6.45, 7) is 1.53. The van der Waals surface area contributed by atoms with E-state index in [1.165, 1.54) is 0 Å². The number of hydrogen-bond donors (Lipinski definition) is 1. The van der Waals surface area contributed by atoms with Crippen LogP contribution in [-0.4, -0.2) is 40.4 Å². The molecule has 0 bridgehead atoms. The molecule has 3 rings (SSSR count). The molecular formula is C18H21FN2O2. The Morgan fingerprint density at radius 3 is 2.74 bits per heavy atom. The third kappa shape index (κ3) is 4.27. The Bertz CT molecular complexity index is 606. The highest BCUT2D eigenvalue weighted by molar-refractivity contribution is 5.27. The number of pyridine rings is 1. The molecule has 0 radical (unpaired) electrons. The van der Waals surface area contributed by atoms with Crippen LogP contribution in [-0.2, 0) is 13.2 Å². The lowest BCUT2D eigenvalue weighted by atomic mass is 10.2. The van der Waals surface area contributed by atoms with E-state index in [9.17, 15) is 9.50 Å². The van der Waals surface area contributed by atoms with Gasteiger partial charge in [-0.05, 0) is 30.2 Å². The van der Waals surface area contributed by atoms with Crippen molar-refractivity contribution in [1.82, 2.24) is 9.88 Å². The van der Waals surface area contributed by atoms with Gasteiger partial charge in [0.2, 0.25) is 0 Å². The molecule has 2 aromatic rings. The zero-order valence-electron chi connectivity index (χ0n) is 12.9. The molecule has 1 aliphatic rings. The summed E-state index contributed by atoms with van der Waals surface area (Å²) in [5.41, 5.74) is 2.11. The summed E-state index contributed by atoms with van der Waals surface area (Å²) in [7, 11) is 0. The average Bonchev–Trinajstić information content (AvgIpc) is 2.95. The first-order valence-corrected chi connectivity index (χ1v) is 7.84. The standard InChI is InChI=1S/C18H21FN2O2/c19-16-8-17(12-22)21(11-16)10-14-3-5-18(6-4-14)23-13-15-2-1-7-20-9-15/h1-7,9,16-17,22H,8,10-13H2/t16-,17-/m0/s1. The van der Waals surface area contributed by atoms with E-state index in [-0.39, 0.29) is 12.6 Å². The molecular weight excluding hydrogens is 295 g/mol. The molecule has 4 nitrogen and oxygen atoms in total.